The quantitative estimate of drug-likeness (QED) is 0.843. The first-order valence-electron chi connectivity index (χ1n) is 7.19. The summed E-state index contributed by atoms with van der Waals surface area (Å²) in [6.07, 6.45) is 1.68. The van der Waals surface area contributed by atoms with Crippen molar-refractivity contribution in [1.82, 2.24) is 14.9 Å². The van der Waals surface area contributed by atoms with Crippen molar-refractivity contribution >= 4 is 0 Å². The van der Waals surface area contributed by atoms with Gasteiger partial charge in [-0.25, -0.2) is 4.98 Å². The summed E-state index contributed by atoms with van der Waals surface area (Å²) in [7, 11) is 0. The molecule has 0 radical (unpaired) electrons. The number of aromatic nitrogens is 2. The monoisotopic (exact) mass is 289 g/mol. The largest absolute Gasteiger partial charge is 0.389 e. The predicted molar refractivity (Wildman–Crippen MR) is 71.6 cm³/mol. The average Bonchev–Trinajstić information content (AvgIpc) is 2.83. The maximum atomic E-state index is 12.1. The van der Waals surface area contributed by atoms with Gasteiger partial charge in [-0.05, 0) is 38.8 Å². The van der Waals surface area contributed by atoms with Gasteiger partial charge < -0.3 is 9.88 Å². The van der Waals surface area contributed by atoms with Crippen LogP contribution in [-0.4, -0.2) is 28.8 Å². The van der Waals surface area contributed by atoms with E-state index in [-0.39, 0.29) is 11.8 Å². The number of nitrogens with zero attached hydrogens (tertiary/aromatic N) is 2. The second kappa shape index (κ2) is 6.16. The van der Waals surface area contributed by atoms with Gasteiger partial charge in [0, 0.05) is 30.3 Å². The van der Waals surface area contributed by atoms with Gasteiger partial charge in [0.15, 0.2) is 0 Å². The van der Waals surface area contributed by atoms with Gasteiger partial charge >= 0.3 is 6.18 Å². The number of alkyl halides is 3. The van der Waals surface area contributed by atoms with Crippen molar-refractivity contribution in [2.75, 3.05) is 13.1 Å². The molecule has 0 bridgehead atoms. The van der Waals surface area contributed by atoms with Crippen LogP contribution in [0.5, 0.6) is 0 Å². The van der Waals surface area contributed by atoms with Gasteiger partial charge in [0.05, 0.1) is 6.33 Å². The molecule has 0 atom stereocenters. The molecule has 114 valence electrons. The summed E-state index contributed by atoms with van der Waals surface area (Å²) in [6.45, 7) is 4.80. The summed E-state index contributed by atoms with van der Waals surface area (Å²) in [6, 6.07) is 0. The first-order chi connectivity index (χ1) is 9.41. The Morgan fingerprint density at radius 2 is 2.00 bits per heavy atom. The molecule has 0 amide bonds. The number of hydrogen-bond acceptors (Lipinski definition) is 2. The van der Waals surface area contributed by atoms with E-state index >= 15 is 0 Å². The molecule has 6 heteroatoms. The molecule has 0 aromatic carbocycles. The van der Waals surface area contributed by atoms with Crippen LogP contribution >= 0.6 is 0 Å². The van der Waals surface area contributed by atoms with Gasteiger partial charge in [-0.1, -0.05) is 6.92 Å². The zero-order valence-corrected chi connectivity index (χ0v) is 11.8. The Kier molecular flexibility index (Phi) is 4.73. The van der Waals surface area contributed by atoms with Crippen LogP contribution in [0.1, 0.15) is 44.7 Å². The van der Waals surface area contributed by atoms with Crippen molar-refractivity contribution < 1.29 is 13.2 Å². The van der Waals surface area contributed by atoms with Crippen molar-refractivity contribution in [1.29, 1.82) is 0 Å². The highest BCUT2D eigenvalue weighted by atomic mass is 19.4. The van der Waals surface area contributed by atoms with Gasteiger partial charge in [-0.15, -0.1) is 0 Å². The summed E-state index contributed by atoms with van der Waals surface area (Å²) < 4.78 is 38.4. The van der Waals surface area contributed by atoms with E-state index in [9.17, 15) is 13.2 Å². The molecule has 1 aromatic heterocycles. The van der Waals surface area contributed by atoms with Gasteiger partial charge in [0.1, 0.15) is 0 Å². The Morgan fingerprint density at radius 1 is 1.30 bits per heavy atom. The number of hydrogen-bond donors (Lipinski definition) is 1. The molecule has 0 aliphatic carbocycles. The van der Waals surface area contributed by atoms with Crippen molar-refractivity contribution in [2.24, 2.45) is 0 Å². The zero-order chi connectivity index (χ0) is 14.6. The molecule has 3 nitrogen and oxygen atoms in total. The number of aryl methyl sites for hydroxylation is 1. The smallest absolute Gasteiger partial charge is 0.334 e. The number of unbranched alkanes of at least 4 members (excludes halogenated alkanes) is 1. The minimum absolute atomic E-state index is 0.0891. The summed E-state index contributed by atoms with van der Waals surface area (Å²) >= 11 is 0. The average molecular weight is 289 g/mol. The molecule has 2 heterocycles. The van der Waals surface area contributed by atoms with Crippen molar-refractivity contribution in [3.8, 4) is 0 Å². The van der Waals surface area contributed by atoms with Crippen molar-refractivity contribution in [3.05, 3.63) is 18.2 Å². The van der Waals surface area contributed by atoms with Gasteiger partial charge in [0.25, 0.3) is 0 Å². The van der Waals surface area contributed by atoms with Crippen LogP contribution in [-0.2, 0) is 12.0 Å². The molecule has 2 rings (SSSR count). The summed E-state index contributed by atoms with van der Waals surface area (Å²) in [5.41, 5.74) is 1.25. The van der Waals surface area contributed by atoms with Crippen molar-refractivity contribution in [2.45, 2.75) is 57.2 Å². The highest BCUT2D eigenvalue weighted by molar-refractivity contribution is 5.15. The van der Waals surface area contributed by atoms with E-state index < -0.39 is 12.6 Å². The Hall–Kier alpha value is -1.04. The third-order valence-electron chi connectivity index (χ3n) is 4.15. The van der Waals surface area contributed by atoms with E-state index in [0.29, 0.717) is 13.0 Å². The third-order valence-corrected chi connectivity index (χ3v) is 4.15. The molecular weight excluding hydrogens is 267 g/mol. The summed E-state index contributed by atoms with van der Waals surface area (Å²) in [4.78, 5) is 4.19. The Labute approximate surface area is 117 Å². The molecule has 20 heavy (non-hydrogen) atoms. The lowest BCUT2D eigenvalue weighted by atomic mass is 9.78. The minimum atomic E-state index is -4.04. The SMILES string of the molecule is CC1(c2cncn2CCCCC(F)(F)F)CCNCC1. The molecule has 0 unspecified atom stereocenters. The van der Waals surface area contributed by atoms with Crippen LogP contribution in [0.25, 0.3) is 0 Å². The van der Waals surface area contributed by atoms with Crippen LogP contribution in [0, 0.1) is 0 Å². The van der Waals surface area contributed by atoms with E-state index in [4.69, 9.17) is 0 Å². The molecule has 1 N–H and O–H groups in total. The van der Waals surface area contributed by atoms with E-state index in [1.807, 2.05) is 10.8 Å². The Morgan fingerprint density at radius 3 is 2.65 bits per heavy atom. The lowest BCUT2D eigenvalue weighted by Gasteiger charge is -2.34. The zero-order valence-electron chi connectivity index (χ0n) is 11.8. The maximum Gasteiger partial charge on any atom is 0.389 e. The van der Waals surface area contributed by atoms with Gasteiger partial charge in [-0.2, -0.15) is 13.2 Å². The van der Waals surface area contributed by atoms with Crippen LogP contribution < -0.4 is 5.32 Å². The second-order valence-corrected chi connectivity index (χ2v) is 5.86. The fourth-order valence-electron chi connectivity index (χ4n) is 2.84. The molecule has 0 spiro atoms. The van der Waals surface area contributed by atoms with Crippen LogP contribution in [0.4, 0.5) is 13.2 Å². The number of nitrogens with one attached hydrogen (secondary N) is 1. The van der Waals surface area contributed by atoms with Gasteiger partial charge in [0.2, 0.25) is 0 Å². The molecule has 1 aliphatic rings. The highest BCUT2D eigenvalue weighted by Gasteiger charge is 2.31. The molecule has 1 fully saturated rings. The Balaban J connectivity index is 1.91. The van der Waals surface area contributed by atoms with Crippen LogP contribution in [0.15, 0.2) is 12.5 Å². The van der Waals surface area contributed by atoms with Crippen LogP contribution in [0.3, 0.4) is 0 Å². The maximum absolute atomic E-state index is 12.1. The first-order valence-corrected chi connectivity index (χ1v) is 7.19. The molecule has 1 aromatic rings. The van der Waals surface area contributed by atoms with Gasteiger partial charge in [-0.3, -0.25) is 0 Å². The molecule has 0 saturated carbocycles. The number of halogens is 3. The van der Waals surface area contributed by atoms with Crippen molar-refractivity contribution in [3.63, 3.8) is 0 Å². The second-order valence-electron chi connectivity index (χ2n) is 5.86. The fraction of sp³-hybridized carbons (Fsp3) is 0.786. The van der Waals surface area contributed by atoms with Crippen LogP contribution in [0.2, 0.25) is 0 Å². The summed E-state index contributed by atoms with van der Waals surface area (Å²) in [5.74, 6) is 0. The third kappa shape index (κ3) is 3.98. The molecule has 1 saturated heterocycles. The predicted octanol–water partition coefficient (Wildman–Crippen LogP) is 3.26. The van der Waals surface area contributed by atoms with E-state index in [2.05, 4.69) is 17.2 Å². The van der Waals surface area contributed by atoms with E-state index in [1.54, 1.807) is 6.33 Å². The lowest BCUT2D eigenvalue weighted by molar-refractivity contribution is -0.135. The standard InChI is InChI=1S/C14H22F3N3/c1-13(5-7-18-8-6-13)12-10-19-11-20(12)9-3-2-4-14(15,16)17/h10-11,18H,2-9H2,1H3. The normalized spacial score (nSPS) is 19.2. The Bertz CT molecular complexity index is 420. The number of imidazole rings is 1. The molecular formula is C14H22F3N3. The number of rotatable bonds is 5. The lowest BCUT2D eigenvalue weighted by Crippen LogP contribution is -2.39. The topological polar surface area (TPSA) is 29.9 Å². The highest BCUT2D eigenvalue weighted by Crippen LogP contribution is 2.32. The number of piperidine rings is 1. The molecule has 1 aliphatic heterocycles. The fourth-order valence-corrected chi connectivity index (χ4v) is 2.84. The van der Waals surface area contributed by atoms with E-state index in [1.165, 1.54) is 0 Å². The van der Waals surface area contributed by atoms with E-state index in [0.717, 1.165) is 31.6 Å². The first kappa shape index (κ1) is 15.4. The minimum Gasteiger partial charge on any atom is -0.334 e. The summed E-state index contributed by atoms with van der Waals surface area (Å²) in [5, 5.41) is 3.34.